The molecule has 0 aliphatic carbocycles. The summed E-state index contributed by atoms with van der Waals surface area (Å²) in [7, 11) is 0. The van der Waals surface area contributed by atoms with Crippen LogP contribution in [0.15, 0.2) is 42.7 Å². The molecule has 5 heteroatoms. The molecule has 0 fully saturated rings. The summed E-state index contributed by atoms with van der Waals surface area (Å²) < 4.78 is 5.51. The number of ketones is 1. The van der Waals surface area contributed by atoms with Crippen molar-refractivity contribution in [1.29, 1.82) is 0 Å². The van der Waals surface area contributed by atoms with Gasteiger partial charge < -0.3 is 4.74 Å². The van der Waals surface area contributed by atoms with Crippen LogP contribution in [0, 0.1) is 0 Å². The van der Waals surface area contributed by atoms with Crippen LogP contribution < -0.4 is 4.74 Å². The first-order valence-electron chi connectivity index (χ1n) is 5.83. The molecular formula is C14H13BrN2O2. The second-order valence-corrected chi connectivity index (χ2v) is 4.53. The number of ether oxygens (including phenoxy) is 1. The van der Waals surface area contributed by atoms with Gasteiger partial charge in [0.25, 0.3) is 0 Å². The lowest BCUT2D eigenvalue weighted by Crippen LogP contribution is -2.06. The molecule has 4 nitrogen and oxygen atoms in total. The number of hydrogen-bond donors (Lipinski definition) is 0. The molecule has 0 amide bonds. The van der Waals surface area contributed by atoms with Crippen molar-refractivity contribution in [3.63, 3.8) is 0 Å². The minimum atomic E-state index is 0.0762. The summed E-state index contributed by atoms with van der Waals surface area (Å²) in [6.07, 6.45) is 3.40. The van der Waals surface area contributed by atoms with E-state index in [0.717, 1.165) is 5.56 Å². The first-order valence-corrected chi connectivity index (χ1v) is 6.95. The minimum Gasteiger partial charge on any atom is -0.472 e. The van der Waals surface area contributed by atoms with Crippen LogP contribution in [-0.4, -0.2) is 21.1 Å². The zero-order valence-electron chi connectivity index (χ0n) is 10.3. The molecule has 0 spiro atoms. The molecule has 98 valence electrons. The van der Waals surface area contributed by atoms with E-state index in [1.807, 2.05) is 30.3 Å². The van der Waals surface area contributed by atoms with Gasteiger partial charge in [-0.1, -0.05) is 46.3 Å². The molecule has 1 aromatic heterocycles. The summed E-state index contributed by atoms with van der Waals surface area (Å²) in [5.41, 5.74) is 1.72. The molecule has 0 atom stereocenters. The average Bonchev–Trinajstić information content (AvgIpc) is 2.47. The third kappa shape index (κ3) is 4.44. The molecule has 2 aromatic rings. The van der Waals surface area contributed by atoms with Gasteiger partial charge in [0.15, 0.2) is 0 Å². The Morgan fingerprint density at radius 2 is 1.95 bits per heavy atom. The van der Waals surface area contributed by atoms with E-state index in [4.69, 9.17) is 4.74 Å². The number of rotatable bonds is 6. The number of halogens is 1. The topological polar surface area (TPSA) is 52.1 Å². The number of alkyl halides is 1. The summed E-state index contributed by atoms with van der Waals surface area (Å²) in [4.78, 5) is 19.5. The summed E-state index contributed by atoms with van der Waals surface area (Å²) >= 11 is 3.12. The van der Waals surface area contributed by atoms with Crippen molar-refractivity contribution >= 4 is 21.7 Å². The molecule has 0 saturated heterocycles. The van der Waals surface area contributed by atoms with Crippen LogP contribution in [0.1, 0.15) is 11.3 Å². The lowest BCUT2D eigenvalue weighted by Gasteiger charge is -2.05. The molecule has 1 heterocycles. The molecule has 0 bridgehead atoms. The highest BCUT2D eigenvalue weighted by Gasteiger charge is 2.04. The molecule has 19 heavy (non-hydrogen) atoms. The Bertz CT molecular complexity index is 529. The van der Waals surface area contributed by atoms with Crippen LogP contribution in [0.4, 0.5) is 0 Å². The van der Waals surface area contributed by atoms with Gasteiger partial charge in [-0.05, 0) is 5.56 Å². The van der Waals surface area contributed by atoms with Gasteiger partial charge in [0, 0.05) is 0 Å². The quantitative estimate of drug-likeness (QED) is 0.767. The highest BCUT2D eigenvalue weighted by Crippen LogP contribution is 2.08. The maximum absolute atomic E-state index is 11.2. The van der Waals surface area contributed by atoms with Gasteiger partial charge in [-0.25, -0.2) is 4.98 Å². The zero-order chi connectivity index (χ0) is 13.5. The van der Waals surface area contributed by atoms with Crippen molar-refractivity contribution in [2.75, 3.05) is 5.33 Å². The zero-order valence-corrected chi connectivity index (χ0v) is 11.8. The standard InChI is InChI=1S/C14H13BrN2O2/c15-7-13(18)6-12-8-17-14(9-16-12)19-10-11-4-2-1-3-5-11/h1-5,8-9H,6-7,10H2. The number of carbonyl (C=O) groups excluding carboxylic acids is 1. The molecule has 0 saturated carbocycles. The predicted molar refractivity (Wildman–Crippen MR) is 75.3 cm³/mol. The van der Waals surface area contributed by atoms with Gasteiger partial charge in [0.2, 0.25) is 5.88 Å². The fourth-order valence-electron chi connectivity index (χ4n) is 1.49. The van der Waals surface area contributed by atoms with Crippen molar-refractivity contribution in [2.45, 2.75) is 13.0 Å². The van der Waals surface area contributed by atoms with Gasteiger partial charge >= 0.3 is 0 Å². The van der Waals surface area contributed by atoms with Crippen LogP contribution in [0.5, 0.6) is 5.88 Å². The normalized spacial score (nSPS) is 10.2. The van der Waals surface area contributed by atoms with Gasteiger partial charge in [-0.2, -0.15) is 0 Å². The molecule has 0 aliphatic rings. The first kappa shape index (κ1) is 13.7. The van der Waals surface area contributed by atoms with Crippen molar-refractivity contribution < 1.29 is 9.53 Å². The van der Waals surface area contributed by atoms with E-state index >= 15 is 0 Å². The fourth-order valence-corrected chi connectivity index (χ4v) is 1.69. The van der Waals surface area contributed by atoms with E-state index in [1.54, 1.807) is 12.4 Å². The fraction of sp³-hybridized carbons (Fsp3) is 0.214. The van der Waals surface area contributed by atoms with Crippen LogP contribution in [0.25, 0.3) is 0 Å². The highest BCUT2D eigenvalue weighted by atomic mass is 79.9. The Kier molecular flexibility index (Phi) is 5.03. The number of nitrogens with zero attached hydrogens (tertiary/aromatic N) is 2. The lowest BCUT2D eigenvalue weighted by atomic mass is 10.2. The first-order chi connectivity index (χ1) is 9.28. The second-order valence-electron chi connectivity index (χ2n) is 3.97. The van der Waals surface area contributed by atoms with Gasteiger partial charge in [-0.15, -0.1) is 0 Å². The molecule has 2 rings (SSSR count). The number of Topliss-reactive ketones (excluding diaryl/α,β-unsaturated/α-hetero) is 1. The lowest BCUT2D eigenvalue weighted by molar-refractivity contribution is -0.115. The summed E-state index contributed by atoms with van der Waals surface area (Å²) in [5.74, 6) is 0.533. The minimum absolute atomic E-state index is 0.0762. The molecule has 0 N–H and O–H groups in total. The van der Waals surface area contributed by atoms with E-state index < -0.39 is 0 Å². The number of benzene rings is 1. The monoisotopic (exact) mass is 320 g/mol. The Morgan fingerprint density at radius 3 is 2.58 bits per heavy atom. The third-order valence-corrected chi connectivity index (χ3v) is 3.06. The second kappa shape index (κ2) is 6.99. The Hall–Kier alpha value is -1.75. The largest absolute Gasteiger partial charge is 0.472 e. The summed E-state index contributed by atoms with van der Waals surface area (Å²) in [6.45, 7) is 0.454. The molecule has 0 unspecified atom stereocenters. The van der Waals surface area contributed by atoms with E-state index in [1.165, 1.54) is 0 Å². The van der Waals surface area contributed by atoms with Gasteiger partial charge in [-0.3, -0.25) is 9.78 Å². The highest BCUT2D eigenvalue weighted by molar-refractivity contribution is 9.09. The molecule has 0 radical (unpaired) electrons. The Balaban J connectivity index is 1.90. The van der Waals surface area contributed by atoms with E-state index in [2.05, 4.69) is 25.9 Å². The number of hydrogen-bond acceptors (Lipinski definition) is 4. The maximum atomic E-state index is 11.2. The molecular weight excluding hydrogens is 308 g/mol. The van der Waals surface area contributed by atoms with Crippen molar-refractivity contribution in [3.8, 4) is 5.88 Å². The van der Waals surface area contributed by atoms with Crippen LogP contribution in [-0.2, 0) is 17.8 Å². The summed E-state index contributed by atoms with van der Waals surface area (Å²) in [5, 5.41) is 0.334. The van der Waals surface area contributed by atoms with E-state index in [9.17, 15) is 4.79 Å². The van der Waals surface area contributed by atoms with Gasteiger partial charge in [0.05, 0.1) is 29.8 Å². The van der Waals surface area contributed by atoms with Crippen molar-refractivity contribution in [2.24, 2.45) is 0 Å². The maximum Gasteiger partial charge on any atom is 0.232 e. The average molecular weight is 321 g/mol. The van der Waals surface area contributed by atoms with E-state index in [0.29, 0.717) is 23.5 Å². The predicted octanol–water partition coefficient (Wildman–Crippen LogP) is 2.56. The van der Waals surface area contributed by atoms with Crippen molar-refractivity contribution in [3.05, 3.63) is 54.0 Å². The van der Waals surface area contributed by atoms with Crippen molar-refractivity contribution in [1.82, 2.24) is 9.97 Å². The van der Waals surface area contributed by atoms with Crippen LogP contribution >= 0.6 is 15.9 Å². The number of aromatic nitrogens is 2. The Labute approximate surface area is 120 Å². The molecule has 0 aliphatic heterocycles. The Morgan fingerprint density at radius 1 is 1.16 bits per heavy atom. The SMILES string of the molecule is O=C(CBr)Cc1cnc(OCc2ccccc2)cn1. The van der Waals surface area contributed by atoms with Crippen LogP contribution in [0.3, 0.4) is 0 Å². The van der Waals surface area contributed by atoms with Crippen LogP contribution in [0.2, 0.25) is 0 Å². The smallest absolute Gasteiger partial charge is 0.232 e. The van der Waals surface area contributed by atoms with E-state index in [-0.39, 0.29) is 12.2 Å². The summed E-state index contributed by atoms with van der Waals surface area (Å²) in [6, 6.07) is 9.84. The third-order valence-electron chi connectivity index (χ3n) is 2.44. The number of carbonyl (C=O) groups is 1. The van der Waals surface area contributed by atoms with Gasteiger partial charge in [0.1, 0.15) is 12.4 Å². The molecule has 1 aromatic carbocycles.